The van der Waals surface area contributed by atoms with Crippen LogP contribution in [0.1, 0.15) is 23.7 Å². The Labute approximate surface area is 130 Å². The highest BCUT2D eigenvalue weighted by Gasteiger charge is 2.30. The van der Waals surface area contributed by atoms with Gasteiger partial charge in [0.2, 0.25) is 0 Å². The number of anilines is 1. The largest absolute Gasteiger partial charge is 0.481 e. The van der Waals surface area contributed by atoms with Crippen molar-refractivity contribution < 1.29 is 9.90 Å². The second-order valence-electron chi connectivity index (χ2n) is 5.16. The minimum atomic E-state index is -0.771. The van der Waals surface area contributed by atoms with Gasteiger partial charge < -0.3 is 14.6 Å². The molecule has 0 bridgehead atoms. The molecule has 1 atom stereocenters. The lowest BCUT2D eigenvalue weighted by molar-refractivity contribution is -0.139. The molecule has 0 fully saturated rings. The summed E-state index contributed by atoms with van der Waals surface area (Å²) in [5.74, 6) is -0.362. The molecule has 2 heterocycles. The lowest BCUT2D eigenvalue weighted by Gasteiger charge is -2.34. The van der Waals surface area contributed by atoms with Gasteiger partial charge in [-0.1, -0.05) is 15.9 Å². The summed E-state index contributed by atoms with van der Waals surface area (Å²) in [4.78, 5) is 13.6. The van der Waals surface area contributed by atoms with E-state index in [1.54, 1.807) is 6.33 Å². The number of rotatable bonds is 3. The van der Waals surface area contributed by atoms with Crippen LogP contribution in [0.15, 0.2) is 29.0 Å². The third-order valence-corrected chi connectivity index (χ3v) is 4.32. The molecule has 7 heteroatoms. The number of hydrogen-bond donors (Lipinski definition) is 1. The Kier molecular flexibility index (Phi) is 3.67. The predicted molar refractivity (Wildman–Crippen MR) is 81.2 cm³/mol. The van der Waals surface area contributed by atoms with E-state index < -0.39 is 11.9 Å². The zero-order valence-corrected chi connectivity index (χ0v) is 13.1. The molecule has 0 radical (unpaired) electrons. The normalized spacial score (nSPS) is 17.6. The highest BCUT2D eigenvalue weighted by Crippen LogP contribution is 2.37. The van der Waals surface area contributed by atoms with Crippen molar-refractivity contribution in [3.8, 4) is 0 Å². The van der Waals surface area contributed by atoms with Crippen molar-refractivity contribution in [3.63, 3.8) is 0 Å². The number of carbonyl (C=O) groups is 1. The van der Waals surface area contributed by atoms with Crippen LogP contribution in [0.4, 0.5) is 5.69 Å². The molecule has 0 aliphatic carbocycles. The molecule has 1 aromatic carbocycles. The van der Waals surface area contributed by atoms with Gasteiger partial charge in [-0.05, 0) is 30.2 Å². The van der Waals surface area contributed by atoms with Gasteiger partial charge in [0.05, 0.1) is 12.5 Å². The van der Waals surface area contributed by atoms with E-state index in [2.05, 4.69) is 31.0 Å². The van der Waals surface area contributed by atoms with E-state index in [9.17, 15) is 9.90 Å². The highest BCUT2D eigenvalue weighted by atomic mass is 79.9. The fraction of sp³-hybridized carbons (Fsp3) is 0.357. The molecule has 1 N–H and O–H groups in total. The summed E-state index contributed by atoms with van der Waals surface area (Å²) in [6.45, 7) is 1.32. The Balaban J connectivity index is 1.96. The fourth-order valence-electron chi connectivity index (χ4n) is 2.70. The summed E-state index contributed by atoms with van der Waals surface area (Å²) in [6, 6.07) is 5.80. The molecular formula is C14H15BrN4O2. The van der Waals surface area contributed by atoms with E-state index in [1.807, 2.05) is 29.8 Å². The molecule has 1 aromatic heterocycles. The van der Waals surface area contributed by atoms with Gasteiger partial charge >= 0.3 is 5.97 Å². The van der Waals surface area contributed by atoms with Crippen molar-refractivity contribution in [1.29, 1.82) is 0 Å². The minimum absolute atomic E-state index is 0.451. The van der Waals surface area contributed by atoms with E-state index in [-0.39, 0.29) is 0 Å². The van der Waals surface area contributed by atoms with Gasteiger partial charge in [0.15, 0.2) is 5.82 Å². The van der Waals surface area contributed by atoms with Crippen molar-refractivity contribution in [1.82, 2.24) is 14.8 Å². The van der Waals surface area contributed by atoms with Gasteiger partial charge in [0.1, 0.15) is 6.33 Å². The Morgan fingerprint density at radius 3 is 3.00 bits per heavy atom. The lowest BCUT2D eigenvalue weighted by Crippen LogP contribution is -2.33. The van der Waals surface area contributed by atoms with E-state index in [0.717, 1.165) is 21.5 Å². The molecule has 21 heavy (non-hydrogen) atoms. The van der Waals surface area contributed by atoms with Gasteiger partial charge in [0, 0.05) is 23.8 Å². The van der Waals surface area contributed by atoms with Crippen molar-refractivity contribution in [2.75, 3.05) is 11.4 Å². The van der Waals surface area contributed by atoms with Crippen LogP contribution < -0.4 is 4.90 Å². The van der Waals surface area contributed by atoms with Crippen LogP contribution in [0.3, 0.4) is 0 Å². The third-order valence-electron chi connectivity index (χ3n) is 3.83. The number of benzene rings is 1. The molecule has 1 aliphatic rings. The molecule has 1 unspecified atom stereocenters. The van der Waals surface area contributed by atoms with Gasteiger partial charge in [-0.3, -0.25) is 4.79 Å². The Bertz CT molecular complexity index is 685. The average Bonchev–Trinajstić information content (AvgIpc) is 2.84. The van der Waals surface area contributed by atoms with Crippen molar-refractivity contribution in [2.24, 2.45) is 7.05 Å². The number of carboxylic acids is 1. The molecule has 6 nitrogen and oxygen atoms in total. The minimum Gasteiger partial charge on any atom is -0.481 e. The molecule has 2 aromatic rings. The molecular weight excluding hydrogens is 336 g/mol. The first kappa shape index (κ1) is 14.1. The number of aryl methyl sites for hydroxylation is 1. The number of fused-ring (bicyclic) bond motifs is 1. The molecule has 0 spiro atoms. The first-order valence-electron chi connectivity index (χ1n) is 6.66. The maximum absolute atomic E-state index is 11.4. The van der Waals surface area contributed by atoms with Crippen molar-refractivity contribution in [3.05, 3.63) is 40.4 Å². The Hall–Kier alpha value is -1.89. The average molecular weight is 351 g/mol. The Morgan fingerprint density at radius 1 is 1.52 bits per heavy atom. The number of nitrogens with zero attached hydrogens (tertiary/aromatic N) is 4. The van der Waals surface area contributed by atoms with Crippen molar-refractivity contribution >= 4 is 27.6 Å². The number of hydrogen-bond acceptors (Lipinski definition) is 4. The van der Waals surface area contributed by atoms with Crippen LogP contribution in [-0.4, -0.2) is 32.4 Å². The van der Waals surface area contributed by atoms with Gasteiger partial charge in [0.25, 0.3) is 0 Å². The van der Waals surface area contributed by atoms with Crippen LogP contribution in [0.2, 0.25) is 0 Å². The topological polar surface area (TPSA) is 71.2 Å². The van der Waals surface area contributed by atoms with Crippen molar-refractivity contribution in [2.45, 2.75) is 18.9 Å². The molecule has 3 rings (SSSR count). The summed E-state index contributed by atoms with van der Waals surface area (Å²) < 4.78 is 2.77. The number of halogens is 1. The second kappa shape index (κ2) is 5.48. The van der Waals surface area contributed by atoms with Gasteiger partial charge in [-0.2, -0.15) is 0 Å². The SMILES string of the molecule is Cn1cnnc1CN1CCC(C(=O)O)c2cc(Br)ccc21. The Morgan fingerprint density at radius 2 is 2.33 bits per heavy atom. The molecule has 0 amide bonds. The first-order valence-corrected chi connectivity index (χ1v) is 7.45. The summed E-state index contributed by atoms with van der Waals surface area (Å²) in [5, 5.41) is 17.4. The quantitative estimate of drug-likeness (QED) is 0.918. The molecule has 1 aliphatic heterocycles. The second-order valence-corrected chi connectivity index (χ2v) is 6.08. The van der Waals surface area contributed by atoms with Crippen LogP contribution in [0.5, 0.6) is 0 Å². The zero-order chi connectivity index (χ0) is 15.0. The van der Waals surface area contributed by atoms with E-state index in [0.29, 0.717) is 19.5 Å². The van der Waals surface area contributed by atoms with Crippen LogP contribution in [-0.2, 0) is 18.4 Å². The lowest BCUT2D eigenvalue weighted by atomic mass is 9.90. The van der Waals surface area contributed by atoms with E-state index in [4.69, 9.17) is 0 Å². The highest BCUT2D eigenvalue weighted by molar-refractivity contribution is 9.10. The number of aromatic nitrogens is 3. The predicted octanol–water partition coefficient (Wildman–Crippen LogP) is 2.16. The first-order chi connectivity index (χ1) is 10.1. The zero-order valence-electron chi connectivity index (χ0n) is 11.5. The monoisotopic (exact) mass is 350 g/mol. The number of aliphatic carboxylic acids is 1. The summed E-state index contributed by atoms with van der Waals surface area (Å²) in [7, 11) is 1.90. The van der Waals surface area contributed by atoms with Crippen LogP contribution in [0.25, 0.3) is 0 Å². The molecule has 0 saturated carbocycles. The van der Waals surface area contributed by atoms with Crippen LogP contribution >= 0.6 is 15.9 Å². The van der Waals surface area contributed by atoms with Crippen LogP contribution in [0, 0.1) is 0 Å². The third kappa shape index (κ3) is 2.65. The summed E-state index contributed by atoms with van der Waals surface area (Å²) >= 11 is 3.42. The van der Waals surface area contributed by atoms with E-state index >= 15 is 0 Å². The fourth-order valence-corrected chi connectivity index (χ4v) is 3.07. The van der Waals surface area contributed by atoms with Gasteiger partial charge in [-0.15, -0.1) is 10.2 Å². The smallest absolute Gasteiger partial charge is 0.311 e. The van der Waals surface area contributed by atoms with E-state index in [1.165, 1.54) is 0 Å². The summed E-state index contributed by atoms with van der Waals surface area (Å²) in [5.41, 5.74) is 1.81. The molecule has 0 saturated heterocycles. The van der Waals surface area contributed by atoms with Gasteiger partial charge in [-0.25, -0.2) is 0 Å². The maximum Gasteiger partial charge on any atom is 0.311 e. The summed E-state index contributed by atoms with van der Waals surface area (Å²) in [6.07, 6.45) is 2.26. The molecule has 110 valence electrons. The number of carboxylic acid groups (broad SMARTS) is 1. The maximum atomic E-state index is 11.4. The standard InChI is InChI=1S/C14H15BrN4O2/c1-18-8-16-17-13(18)7-19-5-4-10(14(20)21)11-6-9(15)2-3-12(11)19/h2-3,6,8,10H,4-5,7H2,1H3,(H,20,21).